The zero-order chi connectivity index (χ0) is 29.8. The zero-order valence-electron chi connectivity index (χ0n) is 27.0. The summed E-state index contributed by atoms with van der Waals surface area (Å²) in [7, 11) is 0. The van der Waals surface area contributed by atoms with Crippen LogP contribution in [-0.4, -0.2) is 11.9 Å². The maximum Gasteiger partial charge on any atom is 2.00 e. The Bertz CT molecular complexity index is 524. The van der Waals surface area contributed by atoms with E-state index >= 15 is 0 Å². The van der Waals surface area contributed by atoms with Gasteiger partial charge in [-0.15, -0.1) is 0 Å². The summed E-state index contributed by atoms with van der Waals surface area (Å²) in [6.07, 6.45) is 41.8. The molecule has 0 saturated heterocycles. The topological polar surface area (TPSA) is 80.3 Å². The van der Waals surface area contributed by atoms with Crippen LogP contribution in [0.5, 0.6) is 0 Å². The third-order valence-corrected chi connectivity index (χ3v) is 7.29. The summed E-state index contributed by atoms with van der Waals surface area (Å²) in [6.45, 7) is 4.51. The molecule has 0 aliphatic carbocycles. The molecule has 0 atom stereocenters. The van der Waals surface area contributed by atoms with Gasteiger partial charge in [-0.3, -0.25) is 0 Å². The van der Waals surface area contributed by atoms with E-state index in [0.717, 1.165) is 38.5 Å². The average Bonchev–Trinajstić information content (AvgIpc) is 2.93. The van der Waals surface area contributed by atoms with Gasteiger partial charge in [-0.05, 0) is 77.0 Å². The predicted molar refractivity (Wildman–Crippen MR) is 169 cm³/mol. The summed E-state index contributed by atoms with van der Waals surface area (Å²) in [4.78, 5) is 20.4. The smallest absolute Gasteiger partial charge is 0.550 e. The first kappa shape index (κ1) is 45.4. The number of unbranched alkanes of at least 4 members (excludes halogenated alkanes) is 22. The quantitative estimate of drug-likeness (QED) is 0.0544. The molecule has 0 N–H and O–H groups in total. The minimum Gasteiger partial charge on any atom is -0.550 e. The minimum atomic E-state index is -0.914. The van der Waals surface area contributed by atoms with E-state index in [9.17, 15) is 19.8 Å². The molecule has 0 spiro atoms. The first-order chi connectivity index (χ1) is 19.5. The van der Waals surface area contributed by atoms with Crippen molar-refractivity contribution < 1.29 is 66.7 Å². The fraction of sp³-hybridized carbons (Fsp3) is 0.833. The molecule has 0 aliphatic rings. The Hall–Kier alpha value is -0.0605. The van der Waals surface area contributed by atoms with Gasteiger partial charge in [0.2, 0.25) is 0 Å². The summed E-state index contributed by atoms with van der Waals surface area (Å²) in [5.74, 6) is -1.83. The molecule has 0 rings (SSSR count). The minimum absolute atomic E-state index is 0. The van der Waals surface area contributed by atoms with Crippen LogP contribution in [0.3, 0.4) is 0 Å². The number of hydrogen-bond acceptors (Lipinski definition) is 4. The van der Waals surface area contributed by atoms with Crippen LogP contribution in [0.4, 0.5) is 0 Å². The molecule has 0 aromatic rings. The van der Waals surface area contributed by atoms with Crippen LogP contribution in [0, 0.1) is 46.9 Å². The number of carboxylic acids is 2. The zero-order valence-corrected chi connectivity index (χ0v) is 28.7. The average molecular weight is 736 g/mol. The maximum atomic E-state index is 10.2. The Morgan fingerprint density at radius 2 is 0.610 bits per heavy atom. The molecule has 0 unspecified atom stereocenters. The second-order valence-electron chi connectivity index (χ2n) is 11.4. The number of allylic oxidation sites excluding steroid dienone is 4. The van der Waals surface area contributed by atoms with Gasteiger partial charge in [0.15, 0.2) is 0 Å². The van der Waals surface area contributed by atoms with Gasteiger partial charge in [-0.25, -0.2) is 0 Å². The molecule has 41 heavy (non-hydrogen) atoms. The van der Waals surface area contributed by atoms with Gasteiger partial charge in [-0.1, -0.05) is 141 Å². The number of carbonyl (C=O) groups is 2. The largest absolute Gasteiger partial charge is 2.00 e. The Kier molecular flexibility index (Phi) is 46.6. The number of carboxylic acid groups (broad SMARTS) is 2. The summed E-state index contributed by atoms with van der Waals surface area (Å²) < 4.78 is 0. The molecule has 0 radical (unpaired) electrons. The van der Waals surface area contributed by atoms with Gasteiger partial charge in [0.25, 0.3) is 0 Å². The summed E-state index contributed by atoms with van der Waals surface area (Å²) >= 11 is 0. The first-order valence-electron chi connectivity index (χ1n) is 17.2. The molecular formula is C36H66O4Yb. The first-order valence-corrected chi connectivity index (χ1v) is 17.2. The van der Waals surface area contributed by atoms with Crippen molar-refractivity contribution in [3.05, 3.63) is 24.3 Å². The predicted octanol–water partition coefficient (Wildman–Crippen LogP) is 9.55. The van der Waals surface area contributed by atoms with Crippen molar-refractivity contribution in [2.45, 2.75) is 194 Å². The molecule has 0 aliphatic heterocycles. The van der Waals surface area contributed by atoms with Crippen LogP contribution < -0.4 is 10.2 Å². The van der Waals surface area contributed by atoms with Crippen molar-refractivity contribution in [3.8, 4) is 0 Å². The molecule has 0 amide bonds. The van der Waals surface area contributed by atoms with Gasteiger partial charge < -0.3 is 19.8 Å². The maximum absolute atomic E-state index is 10.2. The van der Waals surface area contributed by atoms with E-state index in [1.165, 1.54) is 128 Å². The van der Waals surface area contributed by atoms with Gasteiger partial charge in [-0.2, -0.15) is 0 Å². The molecule has 0 fully saturated rings. The van der Waals surface area contributed by atoms with E-state index in [1.807, 2.05) is 0 Å². The van der Waals surface area contributed by atoms with Crippen molar-refractivity contribution in [2.75, 3.05) is 0 Å². The fourth-order valence-electron chi connectivity index (χ4n) is 4.68. The van der Waals surface area contributed by atoms with E-state index in [2.05, 4.69) is 38.2 Å². The molecular weight excluding hydrogens is 669 g/mol. The van der Waals surface area contributed by atoms with Crippen molar-refractivity contribution in [1.29, 1.82) is 0 Å². The second-order valence-corrected chi connectivity index (χ2v) is 11.4. The SMILES string of the molecule is CCCCCCCC/C=C\CCCCCCCC(=O)[O-].CCCCCCCC/C=C\CCCCCCCC(=O)[O-].[Yb+2]. The van der Waals surface area contributed by atoms with Gasteiger partial charge in [0.1, 0.15) is 0 Å². The van der Waals surface area contributed by atoms with E-state index in [4.69, 9.17) is 0 Å². The second kappa shape index (κ2) is 42.1. The molecule has 0 aromatic carbocycles. The monoisotopic (exact) mass is 736 g/mol. The van der Waals surface area contributed by atoms with E-state index in [1.54, 1.807) is 0 Å². The summed E-state index contributed by atoms with van der Waals surface area (Å²) in [5.41, 5.74) is 0. The van der Waals surface area contributed by atoms with Crippen molar-refractivity contribution in [2.24, 2.45) is 0 Å². The van der Waals surface area contributed by atoms with Crippen LogP contribution in [0.1, 0.15) is 194 Å². The number of rotatable bonds is 30. The molecule has 0 heterocycles. The number of hydrogen-bond donors (Lipinski definition) is 0. The van der Waals surface area contributed by atoms with Gasteiger partial charge in [0.05, 0.1) is 0 Å². The van der Waals surface area contributed by atoms with Crippen LogP contribution in [-0.2, 0) is 9.59 Å². The van der Waals surface area contributed by atoms with Crippen LogP contribution in [0.25, 0.3) is 0 Å². The third kappa shape index (κ3) is 49.9. The molecule has 248 valence electrons. The van der Waals surface area contributed by atoms with Gasteiger partial charge in [0, 0.05) is 11.9 Å². The van der Waals surface area contributed by atoms with E-state index in [-0.39, 0.29) is 59.8 Å². The van der Waals surface area contributed by atoms with E-state index < -0.39 is 11.9 Å². The normalized spacial score (nSPS) is 11.0. The molecule has 0 aromatic heterocycles. The Balaban J connectivity index is -0.000000688. The van der Waals surface area contributed by atoms with E-state index in [0.29, 0.717) is 0 Å². The third-order valence-electron chi connectivity index (χ3n) is 7.29. The van der Waals surface area contributed by atoms with Crippen molar-refractivity contribution >= 4 is 11.9 Å². The molecule has 4 nitrogen and oxygen atoms in total. The number of carbonyl (C=O) groups excluding carboxylic acids is 2. The van der Waals surface area contributed by atoms with Gasteiger partial charge >= 0.3 is 46.9 Å². The molecule has 5 heteroatoms. The van der Waals surface area contributed by atoms with Crippen LogP contribution in [0.15, 0.2) is 24.3 Å². The summed E-state index contributed by atoms with van der Waals surface area (Å²) in [5, 5.41) is 20.4. The number of aliphatic carboxylic acids is 2. The van der Waals surface area contributed by atoms with Crippen LogP contribution in [0.2, 0.25) is 0 Å². The Labute approximate surface area is 294 Å². The molecule has 0 saturated carbocycles. The Morgan fingerprint density at radius 1 is 0.390 bits per heavy atom. The van der Waals surface area contributed by atoms with Crippen molar-refractivity contribution in [3.63, 3.8) is 0 Å². The van der Waals surface area contributed by atoms with Crippen molar-refractivity contribution in [1.82, 2.24) is 0 Å². The summed E-state index contributed by atoms with van der Waals surface area (Å²) in [6, 6.07) is 0. The Morgan fingerprint density at radius 3 is 0.854 bits per heavy atom. The fourth-order valence-corrected chi connectivity index (χ4v) is 4.68. The van der Waals surface area contributed by atoms with Crippen LogP contribution >= 0.6 is 0 Å². The molecule has 0 bridgehead atoms. The standard InChI is InChI=1S/2C18H34O2.Yb/c2*1-2-3-4-5-6-7-8-9-10-11-12-13-14-15-16-17-18(19)20;/h2*9-10H,2-8,11-17H2,1H3,(H,19,20);/q;;+2/p-2/b2*10-9-;.